The number of nitrogens with one attached hydrogen (secondary N) is 4. The third kappa shape index (κ3) is 10.4. The minimum absolute atomic E-state index is 0.183. The summed E-state index contributed by atoms with van der Waals surface area (Å²) in [6.45, 7) is 1.37. The number of nitrogens with two attached hydrogens (primary N) is 2. The number of carboxylic acids is 1. The molecule has 33 heavy (non-hydrogen) atoms. The minimum Gasteiger partial charge on any atom is -0.480 e. The van der Waals surface area contributed by atoms with E-state index in [1.165, 1.54) is 25.0 Å². The van der Waals surface area contributed by atoms with E-state index in [-0.39, 0.29) is 19.3 Å². The second-order valence-corrected chi connectivity index (χ2v) is 8.35. The molecule has 0 saturated heterocycles. The van der Waals surface area contributed by atoms with Crippen molar-refractivity contribution < 1.29 is 29.1 Å². The van der Waals surface area contributed by atoms with E-state index >= 15 is 0 Å². The first-order chi connectivity index (χ1) is 15.5. The van der Waals surface area contributed by atoms with Gasteiger partial charge in [-0.25, -0.2) is 9.78 Å². The average molecular weight is 486 g/mol. The number of aromatic nitrogens is 2. The number of rotatable bonds is 15. The highest BCUT2D eigenvalue weighted by Gasteiger charge is 2.28. The van der Waals surface area contributed by atoms with Crippen LogP contribution in [0.1, 0.15) is 31.9 Å². The number of aliphatic carboxylic acids is 1. The predicted molar refractivity (Wildman–Crippen MR) is 121 cm³/mol. The van der Waals surface area contributed by atoms with E-state index in [9.17, 15) is 29.1 Å². The van der Waals surface area contributed by atoms with Crippen LogP contribution < -0.4 is 27.4 Å². The summed E-state index contributed by atoms with van der Waals surface area (Å²) in [6.07, 6.45) is 4.93. The highest BCUT2D eigenvalue weighted by molar-refractivity contribution is 7.98. The van der Waals surface area contributed by atoms with Gasteiger partial charge < -0.3 is 37.5 Å². The van der Waals surface area contributed by atoms with E-state index in [2.05, 4.69) is 25.9 Å². The number of primary amides is 1. The number of aromatic amines is 1. The number of imidazole rings is 1. The monoisotopic (exact) mass is 485 g/mol. The van der Waals surface area contributed by atoms with Gasteiger partial charge in [0.2, 0.25) is 23.6 Å². The molecule has 1 aromatic rings. The summed E-state index contributed by atoms with van der Waals surface area (Å²) in [5, 5.41) is 16.5. The fourth-order valence-corrected chi connectivity index (χ4v) is 3.20. The molecule has 4 atom stereocenters. The zero-order chi connectivity index (χ0) is 25.0. The summed E-state index contributed by atoms with van der Waals surface area (Å²) in [5.41, 5.74) is 11.6. The van der Waals surface area contributed by atoms with Gasteiger partial charge in [0.05, 0.1) is 12.4 Å². The van der Waals surface area contributed by atoms with Crippen LogP contribution in [-0.2, 0) is 30.4 Å². The summed E-state index contributed by atoms with van der Waals surface area (Å²) < 4.78 is 0. The maximum absolute atomic E-state index is 12.7. The molecule has 0 saturated carbocycles. The Morgan fingerprint density at radius 2 is 1.76 bits per heavy atom. The molecule has 0 spiro atoms. The van der Waals surface area contributed by atoms with Crippen molar-refractivity contribution in [2.75, 3.05) is 12.0 Å². The molecule has 1 rings (SSSR count). The fourth-order valence-electron chi connectivity index (χ4n) is 2.73. The zero-order valence-corrected chi connectivity index (χ0v) is 19.3. The Hall–Kier alpha value is -3.13. The molecule has 1 heterocycles. The van der Waals surface area contributed by atoms with E-state index in [4.69, 9.17) is 11.5 Å². The Morgan fingerprint density at radius 3 is 2.30 bits per heavy atom. The largest absolute Gasteiger partial charge is 0.480 e. The van der Waals surface area contributed by atoms with Crippen LogP contribution in [0.4, 0.5) is 0 Å². The van der Waals surface area contributed by atoms with Gasteiger partial charge in [-0.3, -0.25) is 19.2 Å². The highest BCUT2D eigenvalue weighted by Crippen LogP contribution is 2.04. The number of carbonyl (C=O) groups is 5. The van der Waals surface area contributed by atoms with Crippen molar-refractivity contribution in [3.05, 3.63) is 18.2 Å². The van der Waals surface area contributed by atoms with Crippen molar-refractivity contribution in [1.82, 2.24) is 25.9 Å². The number of carbonyl (C=O) groups excluding carboxylic acids is 4. The molecular formula is C19H31N7O6S. The lowest BCUT2D eigenvalue weighted by Crippen LogP contribution is -2.56. The Kier molecular flexibility index (Phi) is 11.9. The minimum atomic E-state index is -1.34. The molecular weight excluding hydrogens is 454 g/mol. The van der Waals surface area contributed by atoms with E-state index < -0.39 is 53.8 Å². The van der Waals surface area contributed by atoms with Crippen LogP contribution in [0, 0.1) is 0 Å². The van der Waals surface area contributed by atoms with Gasteiger partial charge in [-0.15, -0.1) is 0 Å². The SMILES string of the molecule is CSCCC(NC(=O)C(N)Cc1cnc[nH]1)C(=O)NC(C)C(=O)NC(CCC(N)=O)C(=O)O. The van der Waals surface area contributed by atoms with Crippen LogP contribution in [0.3, 0.4) is 0 Å². The van der Waals surface area contributed by atoms with Gasteiger partial charge in [0.25, 0.3) is 0 Å². The van der Waals surface area contributed by atoms with Crippen LogP contribution in [0.2, 0.25) is 0 Å². The number of hydrogen-bond acceptors (Lipinski definition) is 8. The number of amides is 4. The fraction of sp³-hybridized carbons (Fsp3) is 0.579. The highest BCUT2D eigenvalue weighted by atomic mass is 32.2. The Morgan fingerprint density at radius 1 is 1.09 bits per heavy atom. The average Bonchev–Trinajstić information content (AvgIpc) is 3.25. The molecule has 1 aromatic heterocycles. The Bertz CT molecular complexity index is 820. The third-order valence-corrected chi connectivity index (χ3v) is 5.27. The molecule has 0 bridgehead atoms. The second-order valence-electron chi connectivity index (χ2n) is 7.36. The number of nitrogens with zero attached hydrogens (tertiary/aromatic N) is 1. The van der Waals surface area contributed by atoms with E-state index in [1.807, 2.05) is 6.26 Å². The lowest BCUT2D eigenvalue weighted by atomic mass is 10.1. The second kappa shape index (κ2) is 14.1. The molecule has 13 nitrogen and oxygen atoms in total. The summed E-state index contributed by atoms with van der Waals surface area (Å²) in [5.74, 6) is -3.39. The lowest BCUT2D eigenvalue weighted by molar-refractivity contribution is -0.142. The summed E-state index contributed by atoms with van der Waals surface area (Å²) in [6, 6.07) is -4.30. The van der Waals surface area contributed by atoms with Gasteiger partial charge in [0.1, 0.15) is 18.1 Å². The molecule has 184 valence electrons. The van der Waals surface area contributed by atoms with Crippen molar-refractivity contribution in [3.63, 3.8) is 0 Å². The predicted octanol–water partition coefficient (Wildman–Crippen LogP) is -2.14. The zero-order valence-electron chi connectivity index (χ0n) is 18.5. The van der Waals surface area contributed by atoms with Crippen molar-refractivity contribution in [3.8, 4) is 0 Å². The molecule has 0 aliphatic rings. The van der Waals surface area contributed by atoms with Gasteiger partial charge in [-0.1, -0.05) is 0 Å². The van der Waals surface area contributed by atoms with Crippen molar-refractivity contribution >= 4 is 41.4 Å². The molecule has 4 amide bonds. The molecule has 0 fully saturated rings. The lowest BCUT2D eigenvalue weighted by Gasteiger charge is -2.23. The van der Waals surface area contributed by atoms with Crippen molar-refractivity contribution in [2.24, 2.45) is 11.5 Å². The number of thioether (sulfide) groups is 1. The third-order valence-electron chi connectivity index (χ3n) is 4.62. The van der Waals surface area contributed by atoms with Crippen LogP contribution in [0.25, 0.3) is 0 Å². The first-order valence-corrected chi connectivity index (χ1v) is 11.6. The molecule has 14 heteroatoms. The first kappa shape index (κ1) is 27.9. The van der Waals surface area contributed by atoms with E-state index in [0.29, 0.717) is 17.9 Å². The van der Waals surface area contributed by atoms with Gasteiger partial charge in [0.15, 0.2) is 0 Å². The van der Waals surface area contributed by atoms with Crippen LogP contribution in [0.15, 0.2) is 12.5 Å². The van der Waals surface area contributed by atoms with Gasteiger partial charge in [0, 0.05) is 24.7 Å². The standard InChI is InChI=1S/C19H31N7O6S/c1-10(16(28)26-14(19(31)32)3-4-15(21)27)24-18(30)13(5-6-33-2)25-17(29)12(20)7-11-8-22-9-23-11/h8-10,12-14H,3-7,20H2,1-2H3,(H2,21,27)(H,22,23)(H,24,30)(H,25,29)(H,26,28)(H,31,32). The van der Waals surface area contributed by atoms with E-state index in [0.717, 1.165) is 0 Å². The van der Waals surface area contributed by atoms with Gasteiger partial charge in [-0.05, 0) is 31.8 Å². The molecule has 0 aliphatic carbocycles. The number of hydrogen-bond donors (Lipinski definition) is 7. The summed E-state index contributed by atoms with van der Waals surface area (Å²) in [7, 11) is 0. The molecule has 4 unspecified atom stereocenters. The Balaban J connectivity index is 2.71. The van der Waals surface area contributed by atoms with Crippen molar-refractivity contribution in [2.45, 2.75) is 56.8 Å². The normalized spacial score (nSPS) is 14.4. The van der Waals surface area contributed by atoms with Crippen LogP contribution in [0.5, 0.6) is 0 Å². The van der Waals surface area contributed by atoms with Crippen LogP contribution >= 0.6 is 11.8 Å². The first-order valence-electron chi connectivity index (χ1n) is 10.2. The molecule has 0 aliphatic heterocycles. The van der Waals surface area contributed by atoms with Crippen molar-refractivity contribution in [1.29, 1.82) is 0 Å². The molecule has 9 N–H and O–H groups in total. The van der Waals surface area contributed by atoms with E-state index in [1.54, 1.807) is 6.20 Å². The molecule has 0 aromatic carbocycles. The smallest absolute Gasteiger partial charge is 0.326 e. The van der Waals surface area contributed by atoms with Crippen LogP contribution in [-0.4, -0.2) is 80.8 Å². The summed E-state index contributed by atoms with van der Waals surface area (Å²) >= 11 is 1.47. The number of carboxylic acid groups (broad SMARTS) is 1. The topological polar surface area (TPSA) is 222 Å². The van der Waals surface area contributed by atoms with Gasteiger partial charge in [-0.2, -0.15) is 11.8 Å². The number of H-pyrrole nitrogens is 1. The summed E-state index contributed by atoms with van der Waals surface area (Å²) in [4.78, 5) is 66.4. The Labute approximate surface area is 195 Å². The maximum Gasteiger partial charge on any atom is 0.326 e. The molecule has 0 radical (unpaired) electrons. The quantitative estimate of drug-likeness (QED) is 0.144. The maximum atomic E-state index is 12.7. The van der Waals surface area contributed by atoms with Gasteiger partial charge >= 0.3 is 5.97 Å².